The van der Waals surface area contributed by atoms with Gasteiger partial charge in [-0.2, -0.15) is 0 Å². The summed E-state index contributed by atoms with van der Waals surface area (Å²) in [6.45, 7) is 2.97. The van der Waals surface area contributed by atoms with Gasteiger partial charge in [0.05, 0.1) is 6.04 Å². The van der Waals surface area contributed by atoms with Crippen molar-refractivity contribution < 1.29 is 14.7 Å². The first kappa shape index (κ1) is 17.2. The molecule has 0 aliphatic carbocycles. The third kappa shape index (κ3) is 3.88. The lowest BCUT2D eigenvalue weighted by molar-refractivity contribution is -0.137. The smallest absolute Gasteiger partial charge is 0.323 e. The van der Waals surface area contributed by atoms with Crippen LogP contribution in [-0.2, 0) is 4.79 Å². The predicted octanol–water partition coefficient (Wildman–Crippen LogP) is 2.66. The largest absolute Gasteiger partial charge is 0.480 e. The van der Waals surface area contributed by atoms with Crippen molar-refractivity contribution in [2.45, 2.75) is 18.9 Å². The summed E-state index contributed by atoms with van der Waals surface area (Å²) in [4.78, 5) is 25.4. The zero-order valence-electron chi connectivity index (χ0n) is 14.2. The van der Waals surface area contributed by atoms with Gasteiger partial charge in [0.25, 0.3) is 5.91 Å². The molecule has 2 atom stereocenters. The maximum Gasteiger partial charge on any atom is 0.323 e. The van der Waals surface area contributed by atoms with Gasteiger partial charge in [0.15, 0.2) is 0 Å². The summed E-state index contributed by atoms with van der Waals surface area (Å²) in [5.74, 6) is -0.882. The fourth-order valence-corrected chi connectivity index (χ4v) is 3.35. The van der Waals surface area contributed by atoms with Crippen molar-refractivity contribution in [1.82, 2.24) is 10.2 Å². The maximum atomic E-state index is 12.8. The number of carbonyl (C=O) groups excluding carboxylic acids is 1. The van der Waals surface area contributed by atoms with Crippen molar-refractivity contribution in [2.24, 2.45) is 0 Å². The van der Waals surface area contributed by atoms with Crippen molar-refractivity contribution >= 4 is 11.9 Å². The average Bonchev–Trinajstić information content (AvgIpc) is 2.63. The summed E-state index contributed by atoms with van der Waals surface area (Å²) in [5.41, 5.74) is 2.90. The first-order valence-corrected chi connectivity index (χ1v) is 8.44. The van der Waals surface area contributed by atoms with Crippen LogP contribution in [0.15, 0.2) is 54.6 Å². The number of benzene rings is 2. The van der Waals surface area contributed by atoms with Crippen LogP contribution in [0.1, 0.15) is 40.4 Å². The van der Waals surface area contributed by atoms with Crippen LogP contribution in [0.5, 0.6) is 0 Å². The van der Waals surface area contributed by atoms with Crippen LogP contribution in [0.3, 0.4) is 0 Å². The minimum absolute atomic E-state index is 0.0700. The highest BCUT2D eigenvalue weighted by Gasteiger charge is 2.28. The summed E-state index contributed by atoms with van der Waals surface area (Å²) in [6.07, 6.45) is 0. The molecule has 2 unspecified atom stereocenters. The quantitative estimate of drug-likeness (QED) is 0.879. The molecular formula is C20H22N2O3. The second-order valence-electron chi connectivity index (χ2n) is 6.44. The van der Waals surface area contributed by atoms with E-state index in [0.717, 1.165) is 12.1 Å². The Morgan fingerprint density at radius 2 is 1.72 bits per heavy atom. The van der Waals surface area contributed by atoms with Crippen LogP contribution in [0, 0.1) is 0 Å². The normalized spacial score (nSPS) is 19.1. The third-order valence-corrected chi connectivity index (χ3v) is 4.61. The summed E-state index contributed by atoms with van der Waals surface area (Å²) in [7, 11) is 0. The second-order valence-corrected chi connectivity index (χ2v) is 6.44. The maximum absolute atomic E-state index is 12.8. The summed E-state index contributed by atoms with van der Waals surface area (Å²) in [6, 6.07) is 16.9. The number of carboxylic acids is 1. The Morgan fingerprint density at radius 1 is 1.08 bits per heavy atom. The molecule has 1 aliphatic heterocycles. The molecule has 5 heteroatoms. The number of carbonyl (C=O) groups is 2. The van der Waals surface area contributed by atoms with Crippen molar-refractivity contribution in [3.63, 3.8) is 0 Å². The Morgan fingerprint density at radius 3 is 2.40 bits per heavy atom. The molecule has 0 aromatic heterocycles. The SMILES string of the molecule is CC1CNC(CN(CC(=O)O)C(=O)c2ccccc2)c2ccccc21. The van der Waals surface area contributed by atoms with Crippen LogP contribution in [0.4, 0.5) is 0 Å². The number of fused-ring (bicyclic) bond motifs is 1. The lowest BCUT2D eigenvalue weighted by atomic mass is 9.87. The minimum atomic E-state index is -1.01. The van der Waals surface area contributed by atoms with Gasteiger partial charge in [0.2, 0.25) is 0 Å². The number of nitrogens with one attached hydrogen (secondary N) is 1. The standard InChI is InChI=1S/C20H22N2O3/c1-14-11-21-18(17-10-6-5-9-16(14)17)12-22(13-19(23)24)20(25)15-7-3-2-4-8-15/h2-10,14,18,21H,11-13H2,1H3,(H,23,24). The van der Waals surface area contributed by atoms with Gasteiger partial charge in [-0.1, -0.05) is 49.4 Å². The van der Waals surface area contributed by atoms with E-state index in [0.29, 0.717) is 18.0 Å². The fraction of sp³-hybridized carbons (Fsp3) is 0.300. The molecule has 0 saturated carbocycles. The summed E-state index contributed by atoms with van der Waals surface area (Å²) in [5, 5.41) is 12.7. The highest BCUT2D eigenvalue weighted by Crippen LogP contribution is 2.30. The Balaban J connectivity index is 1.85. The molecule has 2 aromatic carbocycles. The first-order chi connectivity index (χ1) is 12.1. The molecule has 130 valence electrons. The molecule has 0 radical (unpaired) electrons. The molecule has 0 fully saturated rings. The number of carboxylic acid groups (broad SMARTS) is 1. The van der Waals surface area contributed by atoms with Gasteiger partial charge in [0.1, 0.15) is 6.54 Å². The van der Waals surface area contributed by atoms with Gasteiger partial charge >= 0.3 is 5.97 Å². The van der Waals surface area contributed by atoms with E-state index in [1.807, 2.05) is 18.2 Å². The summed E-state index contributed by atoms with van der Waals surface area (Å²) < 4.78 is 0. The number of hydrogen-bond acceptors (Lipinski definition) is 3. The molecule has 2 N–H and O–H groups in total. The van der Waals surface area contributed by atoms with E-state index in [9.17, 15) is 14.7 Å². The molecule has 5 nitrogen and oxygen atoms in total. The van der Waals surface area contributed by atoms with Crippen LogP contribution >= 0.6 is 0 Å². The van der Waals surface area contributed by atoms with Gasteiger partial charge in [-0.3, -0.25) is 9.59 Å². The van der Waals surface area contributed by atoms with Crippen LogP contribution < -0.4 is 5.32 Å². The van der Waals surface area contributed by atoms with Crippen molar-refractivity contribution in [1.29, 1.82) is 0 Å². The molecule has 1 amide bonds. The van der Waals surface area contributed by atoms with E-state index in [1.54, 1.807) is 24.3 Å². The van der Waals surface area contributed by atoms with Gasteiger partial charge in [-0.25, -0.2) is 0 Å². The third-order valence-electron chi connectivity index (χ3n) is 4.61. The molecule has 1 aliphatic rings. The molecule has 2 aromatic rings. The van der Waals surface area contributed by atoms with Gasteiger partial charge in [-0.15, -0.1) is 0 Å². The Labute approximate surface area is 147 Å². The number of amides is 1. The van der Waals surface area contributed by atoms with E-state index in [-0.39, 0.29) is 18.5 Å². The number of nitrogens with zero attached hydrogens (tertiary/aromatic N) is 1. The molecule has 1 heterocycles. The molecular weight excluding hydrogens is 316 g/mol. The molecule has 0 bridgehead atoms. The number of rotatable bonds is 5. The predicted molar refractivity (Wildman–Crippen MR) is 95.6 cm³/mol. The first-order valence-electron chi connectivity index (χ1n) is 8.44. The van der Waals surface area contributed by atoms with Crippen LogP contribution in [0.25, 0.3) is 0 Å². The van der Waals surface area contributed by atoms with E-state index in [1.165, 1.54) is 10.5 Å². The highest BCUT2D eigenvalue weighted by molar-refractivity contribution is 5.95. The van der Waals surface area contributed by atoms with E-state index in [4.69, 9.17) is 0 Å². The number of hydrogen-bond donors (Lipinski definition) is 2. The molecule has 25 heavy (non-hydrogen) atoms. The molecule has 3 rings (SSSR count). The van der Waals surface area contributed by atoms with Crippen molar-refractivity contribution in [3.05, 3.63) is 71.3 Å². The Hall–Kier alpha value is -2.66. The van der Waals surface area contributed by atoms with Crippen molar-refractivity contribution in [3.8, 4) is 0 Å². The Bertz CT molecular complexity index is 761. The van der Waals surface area contributed by atoms with E-state index in [2.05, 4.69) is 24.4 Å². The zero-order valence-corrected chi connectivity index (χ0v) is 14.2. The molecule has 0 spiro atoms. The zero-order chi connectivity index (χ0) is 17.8. The highest BCUT2D eigenvalue weighted by atomic mass is 16.4. The van der Waals surface area contributed by atoms with Crippen LogP contribution in [0.2, 0.25) is 0 Å². The second kappa shape index (κ2) is 7.49. The average molecular weight is 338 g/mol. The minimum Gasteiger partial charge on any atom is -0.480 e. The van der Waals surface area contributed by atoms with E-state index >= 15 is 0 Å². The Kier molecular flexibility index (Phi) is 5.14. The van der Waals surface area contributed by atoms with Crippen molar-refractivity contribution in [2.75, 3.05) is 19.6 Å². The van der Waals surface area contributed by atoms with Gasteiger partial charge < -0.3 is 15.3 Å². The lowest BCUT2D eigenvalue weighted by Crippen LogP contribution is -2.44. The fourth-order valence-electron chi connectivity index (χ4n) is 3.35. The summed E-state index contributed by atoms with van der Waals surface area (Å²) >= 11 is 0. The van der Waals surface area contributed by atoms with Gasteiger partial charge in [0, 0.05) is 18.7 Å². The van der Waals surface area contributed by atoms with Crippen LogP contribution in [-0.4, -0.2) is 41.5 Å². The topological polar surface area (TPSA) is 69.6 Å². The molecule has 0 saturated heterocycles. The monoisotopic (exact) mass is 338 g/mol. The lowest BCUT2D eigenvalue weighted by Gasteiger charge is -2.34. The van der Waals surface area contributed by atoms with Gasteiger partial charge in [-0.05, 0) is 29.2 Å². The number of aliphatic carboxylic acids is 1. The van der Waals surface area contributed by atoms with E-state index < -0.39 is 5.97 Å².